The first-order valence-corrected chi connectivity index (χ1v) is 10.9. The van der Waals surface area contributed by atoms with Gasteiger partial charge in [0.2, 0.25) is 0 Å². The Kier molecular flexibility index (Phi) is 11.3. The van der Waals surface area contributed by atoms with Crippen molar-refractivity contribution in [3.05, 3.63) is 0 Å². The van der Waals surface area contributed by atoms with Gasteiger partial charge < -0.3 is 4.90 Å². The SMILES string of the molecule is CC(C)CC1CCC(C)CC1.CCCCN1CCN(C(C)C)CC1. The molecule has 0 spiro atoms. The summed E-state index contributed by atoms with van der Waals surface area (Å²) in [5.41, 5.74) is 0. The summed E-state index contributed by atoms with van der Waals surface area (Å²) in [5.74, 6) is 2.98. The number of hydrogen-bond donors (Lipinski definition) is 0. The fraction of sp³-hybridized carbons (Fsp3) is 1.00. The van der Waals surface area contributed by atoms with Crippen LogP contribution in [0.25, 0.3) is 0 Å². The Morgan fingerprint density at radius 3 is 1.92 bits per heavy atom. The van der Waals surface area contributed by atoms with Crippen LogP contribution >= 0.6 is 0 Å². The van der Waals surface area contributed by atoms with Gasteiger partial charge in [0.25, 0.3) is 0 Å². The molecule has 0 aromatic carbocycles. The van der Waals surface area contributed by atoms with Crippen molar-refractivity contribution in [1.82, 2.24) is 9.80 Å². The molecule has 0 unspecified atom stereocenters. The van der Waals surface area contributed by atoms with E-state index in [-0.39, 0.29) is 0 Å². The van der Waals surface area contributed by atoms with Gasteiger partial charge in [-0.05, 0) is 51.0 Å². The summed E-state index contributed by atoms with van der Waals surface area (Å²) in [6.07, 6.45) is 10.1. The third-order valence-electron chi connectivity index (χ3n) is 5.91. The number of rotatable bonds is 6. The lowest BCUT2D eigenvalue weighted by Crippen LogP contribution is -2.48. The standard InChI is InChI=1S/C11H24N2.C11H22/c1-4-5-6-12-7-9-13(10-8-12)11(2)3;1-9(2)8-11-6-4-10(3)5-7-11/h11H,4-10H2,1-3H3;9-11H,4-8H2,1-3H3. The van der Waals surface area contributed by atoms with E-state index >= 15 is 0 Å². The van der Waals surface area contributed by atoms with Crippen molar-refractivity contribution in [3.63, 3.8) is 0 Å². The minimum absolute atomic E-state index is 0.730. The molecule has 1 saturated heterocycles. The Hall–Kier alpha value is -0.0800. The van der Waals surface area contributed by atoms with Gasteiger partial charge >= 0.3 is 0 Å². The first-order chi connectivity index (χ1) is 11.4. The van der Waals surface area contributed by atoms with Gasteiger partial charge in [-0.15, -0.1) is 0 Å². The number of piperazine rings is 1. The zero-order valence-corrected chi connectivity index (χ0v) is 17.7. The molecule has 24 heavy (non-hydrogen) atoms. The Balaban J connectivity index is 0.000000243. The van der Waals surface area contributed by atoms with Crippen LogP contribution < -0.4 is 0 Å². The Morgan fingerprint density at radius 1 is 0.875 bits per heavy atom. The van der Waals surface area contributed by atoms with Gasteiger partial charge in [-0.25, -0.2) is 0 Å². The van der Waals surface area contributed by atoms with Crippen LogP contribution in [0.1, 0.15) is 86.5 Å². The molecule has 0 bridgehead atoms. The molecular formula is C22H46N2. The van der Waals surface area contributed by atoms with Gasteiger partial charge in [-0.3, -0.25) is 4.90 Å². The van der Waals surface area contributed by atoms with E-state index in [0.29, 0.717) is 0 Å². The van der Waals surface area contributed by atoms with Gasteiger partial charge in [-0.2, -0.15) is 0 Å². The molecule has 0 atom stereocenters. The van der Waals surface area contributed by atoms with Crippen molar-refractivity contribution in [2.75, 3.05) is 32.7 Å². The molecule has 1 saturated carbocycles. The fourth-order valence-corrected chi connectivity index (χ4v) is 4.12. The molecule has 1 aliphatic heterocycles. The maximum Gasteiger partial charge on any atom is 0.0113 e. The van der Waals surface area contributed by atoms with E-state index in [9.17, 15) is 0 Å². The summed E-state index contributed by atoms with van der Waals surface area (Å²) in [6, 6.07) is 0.730. The van der Waals surface area contributed by atoms with Crippen LogP contribution in [0.15, 0.2) is 0 Å². The van der Waals surface area contributed by atoms with Crippen LogP contribution in [0.3, 0.4) is 0 Å². The number of hydrogen-bond acceptors (Lipinski definition) is 2. The van der Waals surface area contributed by atoms with Crippen LogP contribution in [-0.2, 0) is 0 Å². The quantitative estimate of drug-likeness (QED) is 0.615. The lowest BCUT2D eigenvalue weighted by atomic mass is 9.79. The zero-order chi connectivity index (χ0) is 17.9. The molecule has 1 heterocycles. The highest BCUT2D eigenvalue weighted by atomic mass is 15.3. The molecule has 144 valence electrons. The van der Waals surface area contributed by atoms with E-state index in [1.54, 1.807) is 0 Å². The minimum atomic E-state index is 0.730. The van der Waals surface area contributed by atoms with Crippen molar-refractivity contribution in [3.8, 4) is 0 Å². The summed E-state index contributed by atoms with van der Waals surface area (Å²) < 4.78 is 0. The predicted molar refractivity (Wildman–Crippen MR) is 109 cm³/mol. The second-order valence-corrected chi connectivity index (χ2v) is 9.08. The molecule has 1 aliphatic carbocycles. The third-order valence-corrected chi connectivity index (χ3v) is 5.91. The van der Waals surface area contributed by atoms with Crippen molar-refractivity contribution in [2.45, 2.75) is 92.5 Å². The van der Waals surface area contributed by atoms with Crippen LogP contribution in [0, 0.1) is 17.8 Å². The minimum Gasteiger partial charge on any atom is -0.301 e. The van der Waals surface area contributed by atoms with Gasteiger partial charge in [-0.1, -0.05) is 59.8 Å². The number of unbranched alkanes of at least 4 members (excludes halogenated alkanes) is 1. The van der Waals surface area contributed by atoms with E-state index in [2.05, 4.69) is 51.3 Å². The number of nitrogens with zero attached hydrogens (tertiary/aromatic N) is 2. The highest BCUT2D eigenvalue weighted by molar-refractivity contribution is 4.74. The lowest BCUT2D eigenvalue weighted by Gasteiger charge is -2.36. The highest BCUT2D eigenvalue weighted by Gasteiger charge is 2.19. The molecule has 0 radical (unpaired) electrons. The van der Waals surface area contributed by atoms with Crippen LogP contribution in [0.5, 0.6) is 0 Å². The van der Waals surface area contributed by atoms with Gasteiger partial charge in [0.15, 0.2) is 0 Å². The Bertz CT molecular complexity index is 284. The molecule has 0 aromatic rings. The van der Waals surface area contributed by atoms with Gasteiger partial charge in [0, 0.05) is 32.2 Å². The average molecular weight is 339 g/mol. The molecule has 2 aliphatic rings. The lowest BCUT2D eigenvalue weighted by molar-refractivity contribution is 0.108. The van der Waals surface area contributed by atoms with Crippen LogP contribution in [-0.4, -0.2) is 48.6 Å². The smallest absolute Gasteiger partial charge is 0.0113 e. The van der Waals surface area contributed by atoms with Crippen molar-refractivity contribution < 1.29 is 0 Å². The average Bonchev–Trinajstić information content (AvgIpc) is 2.55. The topological polar surface area (TPSA) is 6.48 Å². The summed E-state index contributed by atoms with van der Waals surface area (Å²) in [4.78, 5) is 5.17. The summed E-state index contributed by atoms with van der Waals surface area (Å²) in [5, 5.41) is 0. The van der Waals surface area contributed by atoms with Crippen molar-refractivity contribution >= 4 is 0 Å². The maximum atomic E-state index is 2.60. The monoisotopic (exact) mass is 338 g/mol. The van der Waals surface area contributed by atoms with E-state index in [1.807, 2.05) is 0 Å². The first-order valence-electron chi connectivity index (χ1n) is 10.9. The van der Waals surface area contributed by atoms with Crippen molar-refractivity contribution in [2.24, 2.45) is 17.8 Å². The van der Waals surface area contributed by atoms with Gasteiger partial charge in [0.1, 0.15) is 0 Å². The summed E-state index contributed by atoms with van der Waals surface area (Å²) in [7, 11) is 0. The maximum absolute atomic E-state index is 2.60. The first kappa shape index (κ1) is 22.0. The second kappa shape index (κ2) is 12.3. The molecule has 2 nitrogen and oxygen atoms in total. The van der Waals surface area contributed by atoms with E-state index in [1.165, 1.54) is 77.7 Å². The molecule has 0 amide bonds. The molecule has 2 rings (SSSR count). The molecular weight excluding hydrogens is 292 g/mol. The van der Waals surface area contributed by atoms with E-state index < -0.39 is 0 Å². The largest absolute Gasteiger partial charge is 0.301 e. The Labute approximate surface area is 153 Å². The van der Waals surface area contributed by atoms with Crippen LogP contribution in [0.2, 0.25) is 0 Å². The predicted octanol–water partition coefficient (Wildman–Crippen LogP) is 5.67. The van der Waals surface area contributed by atoms with E-state index in [4.69, 9.17) is 0 Å². The van der Waals surface area contributed by atoms with Gasteiger partial charge in [0.05, 0.1) is 0 Å². The second-order valence-electron chi connectivity index (χ2n) is 9.08. The normalized spacial score (nSPS) is 26.5. The Morgan fingerprint density at radius 2 is 1.46 bits per heavy atom. The van der Waals surface area contributed by atoms with Crippen molar-refractivity contribution in [1.29, 1.82) is 0 Å². The molecule has 2 heteroatoms. The highest BCUT2D eigenvalue weighted by Crippen LogP contribution is 2.31. The third kappa shape index (κ3) is 9.42. The summed E-state index contributed by atoms with van der Waals surface area (Å²) in [6.45, 7) is 20.3. The van der Waals surface area contributed by atoms with Crippen LogP contribution in [0.4, 0.5) is 0 Å². The molecule has 2 fully saturated rings. The molecule has 0 aromatic heterocycles. The van der Waals surface area contributed by atoms with E-state index in [0.717, 1.165) is 23.8 Å². The summed E-state index contributed by atoms with van der Waals surface area (Å²) >= 11 is 0. The molecule has 0 N–H and O–H groups in total. The zero-order valence-electron chi connectivity index (χ0n) is 17.7. The fourth-order valence-electron chi connectivity index (χ4n) is 4.12.